The molecule has 0 bridgehead atoms. The highest BCUT2D eigenvalue weighted by atomic mass is 16.6. The summed E-state index contributed by atoms with van der Waals surface area (Å²) in [6, 6.07) is 6.54. The highest BCUT2D eigenvalue weighted by molar-refractivity contribution is 6.33. The van der Waals surface area contributed by atoms with Crippen LogP contribution in [0.25, 0.3) is 5.57 Å². The van der Waals surface area contributed by atoms with Gasteiger partial charge in [0.2, 0.25) is 5.76 Å². The van der Waals surface area contributed by atoms with Crippen molar-refractivity contribution < 1.29 is 23.9 Å². The lowest BCUT2D eigenvalue weighted by molar-refractivity contribution is -0.140. The minimum Gasteiger partial charge on any atom is -0.489 e. The fourth-order valence-electron chi connectivity index (χ4n) is 2.04. The monoisotopic (exact) mass is 275 g/mol. The first-order chi connectivity index (χ1) is 9.52. The van der Waals surface area contributed by atoms with Crippen molar-refractivity contribution in [3.8, 4) is 0 Å². The molecule has 1 aromatic carbocycles. The molecular weight excluding hydrogens is 262 g/mol. The van der Waals surface area contributed by atoms with Crippen LogP contribution >= 0.6 is 0 Å². The van der Waals surface area contributed by atoms with Crippen LogP contribution in [-0.2, 0) is 19.1 Å². The molecule has 6 nitrogen and oxygen atoms in total. The maximum absolute atomic E-state index is 12.3. The van der Waals surface area contributed by atoms with Gasteiger partial charge in [-0.1, -0.05) is 18.2 Å². The highest BCUT2D eigenvalue weighted by Crippen LogP contribution is 2.30. The largest absolute Gasteiger partial charge is 0.489 e. The van der Waals surface area contributed by atoms with E-state index in [0.29, 0.717) is 11.1 Å². The van der Waals surface area contributed by atoms with Gasteiger partial charge in [0, 0.05) is 18.2 Å². The summed E-state index contributed by atoms with van der Waals surface area (Å²) >= 11 is 0. The molecule has 104 valence electrons. The van der Waals surface area contributed by atoms with E-state index in [4.69, 9.17) is 4.74 Å². The molecule has 0 aliphatic carbocycles. The summed E-state index contributed by atoms with van der Waals surface area (Å²) in [7, 11) is 3.81. The summed E-state index contributed by atoms with van der Waals surface area (Å²) in [5.41, 5.74) is 0.725. The van der Waals surface area contributed by atoms with Gasteiger partial charge < -0.3 is 9.47 Å². The minimum atomic E-state index is -0.770. The Hall–Kier alpha value is -2.63. The number of likely N-dealkylation sites (N-methyl/N-ethyl adjacent to an activating group) is 1. The molecule has 0 aromatic heterocycles. The third-order valence-corrected chi connectivity index (χ3v) is 3.05. The van der Waals surface area contributed by atoms with Gasteiger partial charge in [-0.15, -0.1) is 0 Å². The summed E-state index contributed by atoms with van der Waals surface area (Å²) in [6.07, 6.45) is 0. The van der Waals surface area contributed by atoms with Gasteiger partial charge in [-0.05, 0) is 6.07 Å². The molecular formula is C14H13NO5. The number of amides is 2. The number of hydrogen-bond donors (Lipinski definition) is 0. The van der Waals surface area contributed by atoms with Crippen molar-refractivity contribution in [1.29, 1.82) is 0 Å². The molecule has 0 fully saturated rings. The minimum absolute atomic E-state index is 0.0250. The Bertz CT molecular complexity index is 632. The van der Waals surface area contributed by atoms with E-state index in [2.05, 4.69) is 4.74 Å². The third kappa shape index (κ3) is 1.95. The van der Waals surface area contributed by atoms with Crippen molar-refractivity contribution in [3.63, 3.8) is 0 Å². The standard InChI is InChI=1S/C14H13NO5/c1-15-12(16)9-7-5-4-6-8(9)10(13(15)17)11(19-2)14(18)20-3/h4-7H,1-3H3/b11-10+. The second-order valence-electron chi connectivity index (χ2n) is 4.11. The van der Waals surface area contributed by atoms with Crippen LogP contribution in [0.3, 0.4) is 0 Å². The number of carbonyl (C=O) groups excluding carboxylic acids is 3. The predicted octanol–water partition coefficient (Wildman–Crippen LogP) is 0.829. The second-order valence-corrected chi connectivity index (χ2v) is 4.11. The summed E-state index contributed by atoms with van der Waals surface area (Å²) in [5.74, 6) is -2.01. The topological polar surface area (TPSA) is 72.9 Å². The fourth-order valence-corrected chi connectivity index (χ4v) is 2.04. The van der Waals surface area contributed by atoms with E-state index in [1.54, 1.807) is 24.3 Å². The molecule has 0 saturated carbocycles. The number of methoxy groups -OCH3 is 2. The second kappa shape index (κ2) is 5.16. The van der Waals surface area contributed by atoms with Crippen LogP contribution in [0.2, 0.25) is 0 Å². The van der Waals surface area contributed by atoms with Gasteiger partial charge in [0.15, 0.2) is 0 Å². The normalized spacial score (nSPS) is 16.6. The Morgan fingerprint density at radius 2 is 1.60 bits per heavy atom. The van der Waals surface area contributed by atoms with E-state index >= 15 is 0 Å². The smallest absolute Gasteiger partial charge is 0.374 e. The lowest BCUT2D eigenvalue weighted by Crippen LogP contribution is -2.39. The molecule has 1 aliphatic rings. The average Bonchev–Trinajstić information content (AvgIpc) is 2.48. The van der Waals surface area contributed by atoms with E-state index in [1.807, 2.05) is 0 Å². The zero-order valence-electron chi connectivity index (χ0n) is 11.3. The van der Waals surface area contributed by atoms with Gasteiger partial charge >= 0.3 is 5.97 Å². The Morgan fingerprint density at radius 3 is 2.15 bits per heavy atom. The van der Waals surface area contributed by atoms with E-state index in [9.17, 15) is 14.4 Å². The van der Waals surface area contributed by atoms with Crippen LogP contribution < -0.4 is 0 Å². The SMILES string of the molecule is COC(=O)/C(OC)=C1\C(=O)N(C)C(=O)c2ccccc21. The van der Waals surface area contributed by atoms with Gasteiger partial charge in [-0.2, -0.15) is 0 Å². The molecule has 2 rings (SSSR count). The molecule has 0 spiro atoms. The van der Waals surface area contributed by atoms with Crippen molar-refractivity contribution in [2.45, 2.75) is 0 Å². The van der Waals surface area contributed by atoms with Crippen molar-refractivity contribution in [2.75, 3.05) is 21.3 Å². The number of carbonyl (C=O) groups is 3. The molecule has 0 atom stereocenters. The molecule has 0 radical (unpaired) electrons. The van der Waals surface area contributed by atoms with Crippen LogP contribution in [0.4, 0.5) is 0 Å². The van der Waals surface area contributed by atoms with Crippen molar-refractivity contribution in [1.82, 2.24) is 4.90 Å². The van der Waals surface area contributed by atoms with Gasteiger partial charge in [0.05, 0.1) is 19.8 Å². The zero-order chi connectivity index (χ0) is 14.9. The number of rotatable bonds is 2. The number of hydrogen-bond acceptors (Lipinski definition) is 5. The van der Waals surface area contributed by atoms with Crippen LogP contribution in [0.15, 0.2) is 30.0 Å². The number of fused-ring (bicyclic) bond motifs is 1. The average molecular weight is 275 g/mol. The van der Waals surface area contributed by atoms with E-state index in [-0.39, 0.29) is 11.3 Å². The van der Waals surface area contributed by atoms with Crippen molar-refractivity contribution in [2.24, 2.45) is 0 Å². The highest BCUT2D eigenvalue weighted by Gasteiger charge is 2.36. The first-order valence-corrected chi connectivity index (χ1v) is 5.81. The van der Waals surface area contributed by atoms with Crippen molar-refractivity contribution in [3.05, 3.63) is 41.2 Å². The van der Waals surface area contributed by atoms with Gasteiger partial charge in [-0.3, -0.25) is 14.5 Å². The maximum Gasteiger partial charge on any atom is 0.374 e. The Labute approximate surface area is 115 Å². The van der Waals surface area contributed by atoms with Crippen LogP contribution in [0.5, 0.6) is 0 Å². The Morgan fingerprint density at radius 1 is 1.00 bits per heavy atom. The number of benzene rings is 1. The number of imide groups is 1. The first-order valence-electron chi connectivity index (χ1n) is 5.81. The number of esters is 1. The molecule has 2 amide bonds. The lowest BCUT2D eigenvalue weighted by Gasteiger charge is -2.26. The zero-order valence-corrected chi connectivity index (χ0v) is 11.3. The summed E-state index contributed by atoms with van der Waals surface area (Å²) in [4.78, 5) is 37.0. The molecule has 1 aromatic rings. The molecule has 0 unspecified atom stereocenters. The van der Waals surface area contributed by atoms with Gasteiger partial charge in [0.1, 0.15) is 0 Å². The van der Waals surface area contributed by atoms with Crippen molar-refractivity contribution >= 4 is 23.4 Å². The summed E-state index contributed by atoms with van der Waals surface area (Å²) < 4.78 is 9.60. The molecule has 1 aliphatic heterocycles. The Balaban J connectivity index is 2.78. The molecule has 0 N–H and O–H groups in total. The maximum atomic E-state index is 12.3. The predicted molar refractivity (Wildman–Crippen MR) is 69.5 cm³/mol. The van der Waals surface area contributed by atoms with Gasteiger partial charge in [0.25, 0.3) is 11.8 Å². The van der Waals surface area contributed by atoms with E-state index < -0.39 is 17.8 Å². The molecule has 1 heterocycles. The molecule has 6 heteroatoms. The number of ether oxygens (including phenoxy) is 2. The molecule has 20 heavy (non-hydrogen) atoms. The van der Waals surface area contributed by atoms with Crippen LogP contribution in [0, 0.1) is 0 Å². The third-order valence-electron chi connectivity index (χ3n) is 3.05. The number of nitrogens with zero attached hydrogens (tertiary/aromatic N) is 1. The Kier molecular flexibility index (Phi) is 3.56. The summed E-state index contributed by atoms with van der Waals surface area (Å²) in [6.45, 7) is 0. The first kappa shape index (κ1) is 13.8. The summed E-state index contributed by atoms with van der Waals surface area (Å²) in [5, 5.41) is 0. The van der Waals surface area contributed by atoms with E-state index in [0.717, 1.165) is 4.90 Å². The van der Waals surface area contributed by atoms with Gasteiger partial charge in [-0.25, -0.2) is 4.79 Å². The van der Waals surface area contributed by atoms with E-state index in [1.165, 1.54) is 21.3 Å². The quantitative estimate of drug-likeness (QED) is 0.346. The fraction of sp³-hybridized carbons (Fsp3) is 0.214. The molecule has 0 saturated heterocycles. The lowest BCUT2D eigenvalue weighted by atomic mass is 9.93. The van der Waals surface area contributed by atoms with Crippen LogP contribution in [-0.4, -0.2) is 44.0 Å². The van der Waals surface area contributed by atoms with Crippen LogP contribution in [0.1, 0.15) is 15.9 Å².